The summed E-state index contributed by atoms with van der Waals surface area (Å²) in [5.41, 5.74) is 4.01. The molecule has 3 aromatic rings. The zero-order chi connectivity index (χ0) is 27.7. The predicted octanol–water partition coefficient (Wildman–Crippen LogP) is 2.36. The number of carbonyl (C=O) groups is 1. The molecule has 41 heavy (non-hydrogen) atoms. The highest BCUT2D eigenvalue weighted by Gasteiger charge is 2.41. The van der Waals surface area contributed by atoms with Crippen molar-refractivity contribution in [1.29, 1.82) is 0 Å². The number of hydrogen-bond acceptors (Lipinski definition) is 10. The maximum Gasteiger partial charge on any atom is 0.240 e. The lowest BCUT2D eigenvalue weighted by Crippen LogP contribution is -2.46. The molecule has 214 valence electrons. The Kier molecular flexibility index (Phi) is 6.08. The SMILES string of the molecule is CN1C[C@H](O)C[C@@H]1C(=O)N1CCc2nc(Nc3ncc4cc(C5COC5)nc(N5C6CCC5CC6)c4n3)ccc2C1. The van der Waals surface area contributed by atoms with E-state index in [0.717, 1.165) is 46.9 Å². The number of aliphatic hydroxyl groups excluding tert-OH is 1. The second kappa shape index (κ2) is 9.85. The molecule has 2 N–H and O–H groups in total. The molecule has 0 unspecified atom stereocenters. The minimum Gasteiger partial charge on any atom is -0.392 e. The quantitative estimate of drug-likeness (QED) is 0.485. The van der Waals surface area contributed by atoms with Crippen LogP contribution in [0.2, 0.25) is 0 Å². The molecule has 1 amide bonds. The van der Waals surface area contributed by atoms with Crippen LogP contribution in [0.3, 0.4) is 0 Å². The molecular formula is C30H36N8O3. The fourth-order valence-electron chi connectivity index (χ4n) is 7.42. The molecule has 0 saturated carbocycles. The largest absolute Gasteiger partial charge is 0.392 e. The molecule has 2 atom stereocenters. The third kappa shape index (κ3) is 4.41. The van der Waals surface area contributed by atoms with Crippen molar-refractivity contribution in [2.24, 2.45) is 0 Å². The number of amides is 1. The summed E-state index contributed by atoms with van der Waals surface area (Å²) in [5.74, 6) is 2.62. The molecule has 5 aliphatic rings. The zero-order valence-electron chi connectivity index (χ0n) is 23.4. The Balaban J connectivity index is 1.04. The van der Waals surface area contributed by atoms with Crippen LogP contribution in [0.25, 0.3) is 10.9 Å². The fraction of sp³-hybridized carbons (Fsp3) is 0.567. The number of pyridine rings is 2. The molecule has 3 aromatic heterocycles. The molecular weight excluding hydrogens is 520 g/mol. The van der Waals surface area contributed by atoms with Crippen LogP contribution in [0.4, 0.5) is 17.6 Å². The van der Waals surface area contributed by atoms with Gasteiger partial charge in [0.15, 0.2) is 5.82 Å². The van der Waals surface area contributed by atoms with E-state index in [1.807, 2.05) is 35.2 Å². The van der Waals surface area contributed by atoms with E-state index in [1.165, 1.54) is 25.7 Å². The Labute approximate surface area is 238 Å². The number of hydrogen-bond donors (Lipinski definition) is 2. The van der Waals surface area contributed by atoms with Gasteiger partial charge in [-0.05, 0) is 56.8 Å². The number of rotatable bonds is 5. The van der Waals surface area contributed by atoms with E-state index in [0.29, 0.717) is 62.2 Å². The van der Waals surface area contributed by atoms with Crippen LogP contribution in [0.15, 0.2) is 24.4 Å². The number of fused-ring (bicyclic) bond motifs is 4. The molecule has 11 nitrogen and oxygen atoms in total. The van der Waals surface area contributed by atoms with Gasteiger partial charge in [0.1, 0.15) is 11.3 Å². The molecule has 4 fully saturated rings. The summed E-state index contributed by atoms with van der Waals surface area (Å²) in [7, 11) is 1.90. The van der Waals surface area contributed by atoms with Gasteiger partial charge in [0.2, 0.25) is 11.9 Å². The van der Waals surface area contributed by atoms with Gasteiger partial charge in [-0.1, -0.05) is 6.07 Å². The molecule has 0 radical (unpaired) electrons. The van der Waals surface area contributed by atoms with Crippen LogP contribution < -0.4 is 10.2 Å². The summed E-state index contributed by atoms with van der Waals surface area (Å²) in [5, 5.41) is 14.3. The van der Waals surface area contributed by atoms with Gasteiger partial charge >= 0.3 is 0 Å². The number of nitrogens with zero attached hydrogens (tertiary/aromatic N) is 7. The average molecular weight is 557 g/mol. The highest BCUT2D eigenvalue weighted by Crippen LogP contribution is 2.43. The number of ether oxygens (including phenoxy) is 1. The summed E-state index contributed by atoms with van der Waals surface area (Å²) in [6.45, 7) is 3.15. The lowest BCUT2D eigenvalue weighted by molar-refractivity contribution is -0.136. The van der Waals surface area contributed by atoms with Crippen molar-refractivity contribution < 1.29 is 14.6 Å². The number of nitrogens with one attached hydrogen (secondary N) is 1. The third-order valence-electron chi connectivity index (χ3n) is 9.73. The van der Waals surface area contributed by atoms with Crippen LogP contribution in [0.1, 0.15) is 55.0 Å². The van der Waals surface area contributed by atoms with Crippen LogP contribution in [-0.2, 0) is 22.5 Å². The average Bonchev–Trinajstić information content (AvgIpc) is 3.64. The zero-order valence-corrected chi connectivity index (χ0v) is 23.4. The van der Waals surface area contributed by atoms with Crippen LogP contribution >= 0.6 is 0 Å². The fourth-order valence-corrected chi connectivity index (χ4v) is 7.42. The van der Waals surface area contributed by atoms with Gasteiger partial charge in [0.05, 0.1) is 31.1 Å². The maximum atomic E-state index is 13.1. The first-order valence-electron chi connectivity index (χ1n) is 15.0. The summed E-state index contributed by atoms with van der Waals surface area (Å²) < 4.78 is 5.46. The molecule has 8 heterocycles. The van der Waals surface area contributed by atoms with Gasteiger partial charge in [-0.2, -0.15) is 0 Å². The van der Waals surface area contributed by atoms with Gasteiger partial charge in [0, 0.05) is 61.3 Å². The number of anilines is 3. The molecule has 8 rings (SSSR count). The van der Waals surface area contributed by atoms with E-state index in [4.69, 9.17) is 19.7 Å². The van der Waals surface area contributed by atoms with Gasteiger partial charge < -0.3 is 25.0 Å². The predicted molar refractivity (Wildman–Crippen MR) is 153 cm³/mol. The Morgan fingerprint density at radius 3 is 2.61 bits per heavy atom. The monoisotopic (exact) mass is 556 g/mol. The Hall–Kier alpha value is -3.41. The summed E-state index contributed by atoms with van der Waals surface area (Å²) >= 11 is 0. The number of aromatic nitrogens is 4. The maximum absolute atomic E-state index is 13.1. The van der Waals surface area contributed by atoms with Crippen LogP contribution in [0.5, 0.6) is 0 Å². The van der Waals surface area contributed by atoms with Gasteiger partial charge in [-0.3, -0.25) is 9.69 Å². The normalized spacial score (nSPS) is 27.9. The highest BCUT2D eigenvalue weighted by atomic mass is 16.5. The Morgan fingerprint density at radius 1 is 1.10 bits per heavy atom. The number of likely N-dealkylation sites (N-methyl/N-ethyl adjacent to an activating group) is 1. The van der Waals surface area contributed by atoms with E-state index in [2.05, 4.69) is 21.3 Å². The second-order valence-corrected chi connectivity index (χ2v) is 12.4. The first-order valence-corrected chi connectivity index (χ1v) is 15.0. The molecule has 2 bridgehead atoms. The summed E-state index contributed by atoms with van der Waals surface area (Å²) in [6, 6.07) is 6.94. The Bertz CT molecular complexity index is 1490. The summed E-state index contributed by atoms with van der Waals surface area (Å²) in [6.07, 6.45) is 7.55. The van der Waals surface area contributed by atoms with E-state index in [1.54, 1.807) is 0 Å². The van der Waals surface area contributed by atoms with Crippen molar-refractivity contribution in [3.8, 4) is 0 Å². The molecule has 0 aliphatic carbocycles. The van der Waals surface area contributed by atoms with E-state index >= 15 is 0 Å². The molecule has 0 aromatic carbocycles. The van der Waals surface area contributed by atoms with Crippen molar-refractivity contribution in [2.45, 2.75) is 75.2 Å². The number of aliphatic hydroxyl groups is 1. The Morgan fingerprint density at radius 2 is 1.90 bits per heavy atom. The lowest BCUT2D eigenvalue weighted by Gasteiger charge is -2.32. The highest BCUT2D eigenvalue weighted by molar-refractivity contribution is 5.90. The lowest BCUT2D eigenvalue weighted by atomic mass is 10.0. The van der Waals surface area contributed by atoms with Crippen LogP contribution in [0, 0.1) is 0 Å². The van der Waals surface area contributed by atoms with E-state index < -0.39 is 6.10 Å². The molecule has 5 aliphatic heterocycles. The molecule has 4 saturated heterocycles. The number of β-amino-alcohol motifs (C(OH)–C–C–N with tert-alkyl or cyclic N) is 1. The smallest absolute Gasteiger partial charge is 0.240 e. The second-order valence-electron chi connectivity index (χ2n) is 12.4. The van der Waals surface area contributed by atoms with Crippen molar-refractivity contribution in [1.82, 2.24) is 29.7 Å². The first-order chi connectivity index (χ1) is 20.0. The van der Waals surface area contributed by atoms with Gasteiger partial charge in [-0.15, -0.1) is 0 Å². The van der Waals surface area contributed by atoms with Crippen molar-refractivity contribution in [3.63, 3.8) is 0 Å². The van der Waals surface area contributed by atoms with Gasteiger partial charge in [0.25, 0.3) is 0 Å². The minimum atomic E-state index is -0.435. The van der Waals surface area contributed by atoms with Gasteiger partial charge in [-0.25, -0.2) is 19.9 Å². The third-order valence-corrected chi connectivity index (χ3v) is 9.73. The van der Waals surface area contributed by atoms with Crippen molar-refractivity contribution >= 4 is 34.4 Å². The first kappa shape index (κ1) is 25.3. The van der Waals surface area contributed by atoms with E-state index in [9.17, 15) is 9.90 Å². The van der Waals surface area contributed by atoms with E-state index in [-0.39, 0.29) is 11.9 Å². The number of carbonyl (C=O) groups excluding carboxylic acids is 1. The molecule has 0 spiro atoms. The van der Waals surface area contributed by atoms with Crippen molar-refractivity contribution in [3.05, 3.63) is 41.3 Å². The van der Waals surface area contributed by atoms with Crippen molar-refractivity contribution in [2.75, 3.05) is 43.6 Å². The van der Waals surface area contributed by atoms with Crippen LogP contribution in [-0.4, -0.2) is 98.3 Å². The summed E-state index contributed by atoms with van der Waals surface area (Å²) in [4.78, 5) is 39.2. The number of likely N-dealkylation sites (tertiary alicyclic amines) is 1. The topological polar surface area (TPSA) is 120 Å². The minimum absolute atomic E-state index is 0.0882. The standard InChI is InChI=1S/C30H36N8O3/c1-36-14-22(39)11-25(36)29(40)37-9-8-23-17(13-37)2-7-26(32-23)34-30-31-12-18-10-24(19-15-41-16-19)33-28(27(18)35-30)38-20-3-4-21(38)6-5-20/h2,7,10,12,19-22,25,39H,3-6,8-9,11,13-16H2,1H3,(H,31,32,34,35)/t20?,21?,22-,25-/m1/s1. The molecule has 11 heteroatoms.